The highest BCUT2D eigenvalue weighted by atomic mass is 16.3. The molecule has 2 heteroatoms. The minimum atomic E-state index is -0.238. The third-order valence-corrected chi connectivity index (χ3v) is 4.68. The van der Waals surface area contributed by atoms with Gasteiger partial charge < -0.3 is 10.2 Å². The fraction of sp³-hybridized carbons (Fsp3) is 0.647. The lowest BCUT2D eigenvalue weighted by Gasteiger charge is -2.33. The maximum Gasteiger partial charge on any atom is 0.115 e. The van der Waals surface area contributed by atoms with E-state index >= 15 is 0 Å². The van der Waals surface area contributed by atoms with E-state index in [1.165, 1.54) is 12.8 Å². The van der Waals surface area contributed by atoms with Crippen molar-refractivity contribution in [3.8, 4) is 5.75 Å². The maximum atomic E-state index is 10.4. The van der Waals surface area contributed by atoms with Crippen molar-refractivity contribution in [1.29, 1.82) is 0 Å². The summed E-state index contributed by atoms with van der Waals surface area (Å²) in [7, 11) is 0. The van der Waals surface area contributed by atoms with Gasteiger partial charge in [-0.15, -0.1) is 0 Å². The van der Waals surface area contributed by atoms with Crippen LogP contribution < -0.4 is 0 Å². The molecule has 2 rings (SSSR count). The van der Waals surface area contributed by atoms with Crippen LogP contribution >= 0.6 is 0 Å². The number of phenolic OH excluding ortho intramolecular Hbond substituents is 1. The molecule has 0 bridgehead atoms. The molecule has 1 aromatic rings. The van der Waals surface area contributed by atoms with Crippen LogP contribution in [0.25, 0.3) is 0 Å². The molecule has 1 unspecified atom stereocenters. The zero-order valence-corrected chi connectivity index (χ0v) is 12.0. The summed E-state index contributed by atoms with van der Waals surface area (Å²) >= 11 is 0. The summed E-state index contributed by atoms with van der Waals surface area (Å²) < 4.78 is 0. The van der Waals surface area contributed by atoms with Crippen LogP contribution in [0.5, 0.6) is 5.75 Å². The van der Waals surface area contributed by atoms with Gasteiger partial charge in [0.05, 0.1) is 6.10 Å². The molecule has 0 aliphatic heterocycles. The van der Waals surface area contributed by atoms with Crippen LogP contribution in [-0.2, 0) is 6.42 Å². The number of benzene rings is 1. The average molecular weight is 262 g/mol. The van der Waals surface area contributed by atoms with Crippen LogP contribution in [0.1, 0.15) is 45.1 Å². The molecule has 1 saturated carbocycles. The van der Waals surface area contributed by atoms with Crippen LogP contribution in [0.15, 0.2) is 24.3 Å². The first-order chi connectivity index (χ1) is 9.06. The van der Waals surface area contributed by atoms with Gasteiger partial charge in [-0.25, -0.2) is 0 Å². The van der Waals surface area contributed by atoms with Gasteiger partial charge >= 0.3 is 0 Å². The molecule has 2 N–H and O–H groups in total. The lowest BCUT2D eigenvalue weighted by molar-refractivity contribution is 0.0675. The largest absolute Gasteiger partial charge is 0.508 e. The molecule has 0 aromatic heterocycles. The fourth-order valence-electron chi connectivity index (χ4n) is 3.24. The lowest BCUT2D eigenvalue weighted by Crippen LogP contribution is -2.28. The number of rotatable bonds is 4. The number of phenols is 1. The summed E-state index contributed by atoms with van der Waals surface area (Å²) in [6.45, 7) is 4.61. The van der Waals surface area contributed by atoms with Gasteiger partial charge in [0.25, 0.3) is 0 Å². The van der Waals surface area contributed by atoms with Crippen LogP contribution in [-0.4, -0.2) is 16.3 Å². The van der Waals surface area contributed by atoms with Gasteiger partial charge in [0.2, 0.25) is 0 Å². The molecule has 1 aromatic carbocycles. The Morgan fingerprint density at radius 3 is 2.05 bits per heavy atom. The quantitative estimate of drug-likeness (QED) is 0.867. The molecule has 1 aliphatic rings. The molecule has 1 aliphatic carbocycles. The molecule has 1 fully saturated rings. The Bertz CT molecular complexity index is 375. The molecule has 2 nitrogen and oxygen atoms in total. The maximum absolute atomic E-state index is 10.4. The van der Waals surface area contributed by atoms with Gasteiger partial charge in [0.1, 0.15) is 5.75 Å². The molecular formula is C17H26O2. The Hall–Kier alpha value is -1.02. The second-order valence-electron chi connectivity index (χ2n) is 6.36. The third-order valence-electron chi connectivity index (χ3n) is 4.68. The summed E-state index contributed by atoms with van der Waals surface area (Å²) in [6.07, 6.45) is 5.29. The number of hydrogen-bond acceptors (Lipinski definition) is 2. The van der Waals surface area contributed by atoms with Gasteiger partial charge in [-0.2, -0.15) is 0 Å². The van der Waals surface area contributed by atoms with E-state index in [0.717, 1.165) is 30.2 Å². The smallest absolute Gasteiger partial charge is 0.115 e. The molecule has 0 saturated heterocycles. The van der Waals surface area contributed by atoms with Gasteiger partial charge in [-0.05, 0) is 67.6 Å². The Kier molecular flexibility index (Phi) is 4.87. The van der Waals surface area contributed by atoms with Crippen molar-refractivity contribution < 1.29 is 10.2 Å². The first-order valence-corrected chi connectivity index (χ1v) is 7.52. The van der Waals surface area contributed by atoms with Crippen LogP contribution in [0.3, 0.4) is 0 Å². The van der Waals surface area contributed by atoms with E-state index in [-0.39, 0.29) is 11.9 Å². The van der Waals surface area contributed by atoms with Crippen molar-refractivity contribution in [2.75, 3.05) is 0 Å². The second kappa shape index (κ2) is 6.42. The van der Waals surface area contributed by atoms with Crippen LogP contribution in [0.4, 0.5) is 0 Å². The lowest BCUT2D eigenvalue weighted by atomic mass is 9.74. The average Bonchev–Trinajstić information content (AvgIpc) is 2.41. The van der Waals surface area contributed by atoms with Gasteiger partial charge in [0.15, 0.2) is 0 Å². The second-order valence-corrected chi connectivity index (χ2v) is 6.36. The van der Waals surface area contributed by atoms with Crippen molar-refractivity contribution in [3.63, 3.8) is 0 Å². The normalized spacial score (nSPS) is 25.5. The van der Waals surface area contributed by atoms with E-state index in [1.807, 2.05) is 12.1 Å². The highest BCUT2D eigenvalue weighted by molar-refractivity contribution is 5.26. The topological polar surface area (TPSA) is 40.5 Å². The minimum absolute atomic E-state index is 0.238. The fourth-order valence-corrected chi connectivity index (χ4v) is 3.24. The van der Waals surface area contributed by atoms with Crippen molar-refractivity contribution in [3.05, 3.63) is 29.8 Å². The van der Waals surface area contributed by atoms with Crippen molar-refractivity contribution >= 4 is 0 Å². The van der Waals surface area contributed by atoms with Crippen molar-refractivity contribution in [1.82, 2.24) is 0 Å². The molecule has 19 heavy (non-hydrogen) atoms. The molecule has 0 spiro atoms. The van der Waals surface area contributed by atoms with Gasteiger partial charge in [-0.1, -0.05) is 26.0 Å². The van der Waals surface area contributed by atoms with Gasteiger partial charge in [0, 0.05) is 0 Å². The standard InChI is InChI=1S/C17H26O2/c1-12(2)14-5-7-15(8-6-14)17(19)11-13-3-9-16(18)10-4-13/h3-4,9-10,12,14-15,17-19H,5-8,11H2,1-2H3. The van der Waals surface area contributed by atoms with Gasteiger partial charge in [-0.3, -0.25) is 0 Å². The van der Waals surface area contributed by atoms with E-state index in [1.54, 1.807) is 12.1 Å². The first-order valence-electron chi connectivity index (χ1n) is 7.52. The van der Waals surface area contributed by atoms with Crippen LogP contribution in [0, 0.1) is 17.8 Å². The summed E-state index contributed by atoms with van der Waals surface area (Å²) in [5.41, 5.74) is 1.11. The number of aliphatic hydroxyl groups excluding tert-OH is 1. The summed E-state index contributed by atoms with van der Waals surface area (Å²) in [4.78, 5) is 0. The summed E-state index contributed by atoms with van der Waals surface area (Å²) in [6, 6.07) is 7.19. The Balaban J connectivity index is 1.84. The predicted octanol–water partition coefficient (Wildman–Crippen LogP) is 3.76. The van der Waals surface area contributed by atoms with E-state index < -0.39 is 0 Å². The third kappa shape index (κ3) is 3.97. The number of aliphatic hydroxyl groups is 1. The monoisotopic (exact) mass is 262 g/mol. The highest BCUT2D eigenvalue weighted by Crippen LogP contribution is 2.35. The zero-order valence-electron chi connectivity index (χ0n) is 12.0. The molecular weight excluding hydrogens is 236 g/mol. The highest BCUT2D eigenvalue weighted by Gasteiger charge is 2.27. The predicted molar refractivity (Wildman–Crippen MR) is 78.1 cm³/mol. The number of aromatic hydroxyl groups is 1. The Morgan fingerprint density at radius 2 is 1.53 bits per heavy atom. The molecule has 0 radical (unpaired) electrons. The van der Waals surface area contributed by atoms with E-state index in [4.69, 9.17) is 0 Å². The first kappa shape index (κ1) is 14.4. The Labute approximate surface area is 116 Å². The van der Waals surface area contributed by atoms with Crippen molar-refractivity contribution in [2.45, 2.75) is 52.1 Å². The zero-order chi connectivity index (χ0) is 13.8. The summed E-state index contributed by atoms with van der Waals surface area (Å²) in [5.74, 6) is 2.35. The number of hydrogen-bond donors (Lipinski definition) is 2. The molecule has 0 heterocycles. The summed E-state index contributed by atoms with van der Waals surface area (Å²) in [5, 5.41) is 19.6. The minimum Gasteiger partial charge on any atom is -0.508 e. The van der Waals surface area contributed by atoms with Crippen LogP contribution in [0.2, 0.25) is 0 Å². The molecule has 1 atom stereocenters. The molecule has 106 valence electrons. The van der Waals surface area contributed by atoms with E-state index in [0.29, 0.717) is 12.3 Å². The van der Waals surface area contributed by atoms with Crippen molar-refractivity contribution in [2.24, 2.45) is 17.8 Å². The Morgan fingerprint density at radius 1 is 1.00 bits per heavy atom. The van der Waals surface area contributed by atoms with E-state index in [9.17, 15) is 10.2 Å². The van der Waals surface area contributed by atoms with E-state index in [2.05, 4.69) is 13.8 Å². The SMILES string of the molecule is CC(C)C1CCC(C(O)Cc2ccc(O)cc2)CC1. The molecule has 0 amide bonds.